The van der Waals surface area contributed by atoms with Gasteiger partial charge in [0.05, 0.1) is 11.1 Å². The Morgan fingerprint density at radius 3 is 2.83 bits per heavy atom. The Hall–Kier alpha value is -1.94. The lowest BCUT2D eigenvalue weighted by molar-refractivity contribution is 0.0745. The molecule has 0 unspecified atom stereocenters. The van der Waals surface area contributed by atoms with E-state index < -0.39 is 0 Å². The van der Waals surface area contributed by atoms with Gasteiger partial charge in [-0.3, -0.25) is 14.7 Å². The topological polar surface area (TPSA) is 36.4 Å². The van der Waals surface area contributed by atoms with Crippen molar-refractivity contribution in [1.82, 2.24) is 14.8 Å². The number of benzene rings is 1. The summed E-state index contributed by atoms with van der Waals surface area (Å²) in [6.45, 7) is 8.09. The van der Waals surface area contributed by atoms with Crippen LogP contribution in [0.1, 0.15) is 40.9 Å². The van der Waals surface area contributed by atoms with Crippen molar-refractivity contribution in [2.75, 3.05) is 26.2 Å². The van der Waals surface area contributed by atoms with E-state index in [1.807, 2.05) is 19.1 Å². The molecule has 3 heterocycles. The molecule has 2 aliphatic heterocycles. The van der Waals surface area contributed by atoms with E-state index in [1.54, 1.807) is 0 Å². The second-order valence-electron chi connectivity index (χ2n) is 7.27. The van der Waals surface area contributed by atoms with E-state index in [1.165, 1.54) is 24.9 Å². The first-order valence-corrected chi connectivity index (χ1v) is 9.03. The lowest BCUT2D eigenvalue weighted by atomic mass is 10.0. The van der Waals surface area contributed by atoms with E-state index in [0.29, 0.717) is 6.04 Å². The standard InChI is InChI=1S/C20H25N3O/c1-14-6-7-19-17(11-14)18(12-15(2)21-19)20(24)23-10-4-9-22-8-3-5-16(22)13-23/h6-7,11-12,16H,3-5,8-10,13H2,1-2H3/t16-/m0/s1. The predicted molar refractivity (Wildman–Crippen MR) is 96.3 cm³/mol. The van der Waals surface area contributed by atoms with E-state index in [-0.39, 0.29) is 5.91 Å². The summed E-state index contributed by atoms with van der Waals surface area (Å²) in [5, 5.41) is 0.984. The Labute approximate surface area is 143 Å². The zero-order chi connectivity index (χ0) is 16.7. The number of nitrogens with zero attached hydrogens (tertiary/aromatic N) is 3. The van der Waals surface area contributed by atoms with Crippen molar-refractivity contribution in [3.63, 3.8) is 0 Å². The second-order valence-corrected chi connectivity index (χ2v) is 7.27. The fourth-order valence-corrected chi connectivity index (χ4v) is 4.21. The molecule has 2 fully saturated rings. The monoisotopic (exact) mass is 323 g/mol. The minimum atomic E-state index is 0.171. The number of carbonyl (C=O) groups excluding carboxylic acids is 1. The van der Waals surface area contributed by atoms with Gasteiger partial charge < -0.3 is 4.90 Å². The molecule has 1 atom stereocenters. The number of amides is 1. The van der Waals surface area contributed by atoms with Crippen LogP contribution in [0, 0.1) is 13.8 Å². The molecule has 4 nitrogen and oxygen atoms in total. The number of hydrogen-bond donors (Lipinski definition) is 0. The maximum absolute atomic E-state index is 13.3. The molecule has 0 saturated carbocycles. The van der Waals surface area contributed by atoms with Gasteiger partial charge in [-0.1, -0.05) is 11.6 Å². The molecule has 1 aromatic heterocycles. The summed E-state index contributed by atoms with van der Waals surface area (Å²) in [4.78, 5) is 22.5. The predicted octanol–water partition coefficient (Wildman–Crippen LogP) is 3.16. The van der Waals surface area contributed by atoms with Crippen LogP contribution in [-0.4, -0.2) is 52.9 Å². The molecule has 0 bridgehead atoms. The van der Waals surface area contributed by atoms with Crippen LogP contribution in [0.4, 0.5) is 0 Å². The molecule has 4 heteroatoms. The quantitative estimate of drug-likeness (QED) is 0.809. The zero-order valence-corrected chi connectivity index (χ0v) is 14.6. The number of rotatable bonds is 1. The van der Waals surface area contributed by atoms with Gasteiger partial charge in [0.1, 0.15) is 0 Å². The molecule has 2 aromatic rings. The van der Waals surface area contributed by atoms with Crippen molar-refractivity contribution < 1.29 is 4.79 Å². The van der Waals surface area contributed by atoms with Crippen molar-refractivity contribution in [3.05, 3.63) is 41.1 Å². The van der Waals surface area contributed by atoms with Gasteiger partial charge in [-0.2, -0.15) is 0 Å². The summed E-state index contributed by atoms with van der Waals surface area (Å²) in [6, 6.07) is 8.68. The number of aromatic nitrogens is 1. The molecular weight excluding hydrogens is 298 g/mol. The van der Waals surface area contributed by atoms with Crippen LogP contribution in [0.25, 0.3) is 10.9 Å². The highest BCUT2D eigenvalue weighted by molar-refractivity contribution is 6.06. The zero-order valence-electron chi connectivity index (χ0n) is 14.6. The Morgan fingerprint density at radius 1 is 1.12 bits per heavy atom. The highest BCUT2D eigenvalue weighted by atomic mass is 16.2. The minimum absolute atomic E-state index is 0.171. The summed E-state index contributed by atoms with van der Waals surface area (Å²) < 4.78 is 0. The average Bonchev–Trinajstić information content (AvgIpc) is 2.91. The molecule has 0 N–H and O–H groups in total. The maximum Gasteiger partial charge on any atom is 0.254 e. The minimum Gasteiger partial charge on any atom is -0.337 e. The first kappa shape index (κ1) is 15.6. The first-order valence-electron chi connectivity index (χ1n) is 9.03. The third-order valence-electron chi connectivity index (χ3n) is 5.41. The van der Waals surface area contributed by atoms with E-state index in [2.05, 4.69) is 33.8 Å². The highest BCUT2D eigenvalue weighted by Gasteiger charge is 2.31. The number of hydrogen-bond acceptors (Lipinski definition) is 3. The van der Waals surface area contributed by atoms with Gasteiger partial charge >= 0.3 is 0 Å². The fraction of sp³-hybridized carbons (Fsp3) is 0.500. The van der Waals surface area contributed by atoms with Gasteiger partial charge in [-0.25, -0.2) is 0 Å². The second kappa shape index (κ2) is 6.17. The largest absolute Gasteiger partial charge is 0.337 e. The van der Waals surface area contributed by atoms with Crippen LogP contribution in [0.5, 0.6) is 0 Å². The first-order chi connectivity index (χ1) is 11.6. The maximum atomic E-state index is 13.3. The molecule has 0 radical (unpaired) electrons. The molecule has 0 aliphatic carbocycles. The summed E-state index contributed by atoms with van der Waals surface area (Å²) in [5.41, 5.74) is 3.81. The normalized spacial score (nSPS) is 21.8. The SMILES string of the molecule is Cc1ccc2nc(C)cc(C(=O)N3CCCN4CCC[C@H]4C3)c2c1. The van der Waals surface area contributed by atoms with Crippen molar-refractivity contribution in [1.29, 1.82) is 0 Å². The van der Waals surface area contributed by atoms with Crippen molar-refractivity contribution in [2.24, 2.45) is 0 Å². The summed E-state index contributed by atoms with van der Waals surface area (Å²) in [5.74, 6) is 0.171. The summed E-state index contributed by atoms with van der Waals surface area (Å²) in [7, 11) is 0. The van der Waals surface area contributed by atoms with Gasteiger partial charge in [0.15, 0.2) is 0 Å². The number of carbonyl (C=O) groups is 1. The molecule has 2 saturated heterocycles. The van der Waals surface area contributed by atoms with Gasteiger partial charge in [-0.05, 0) is 57.9 Å². The number of aryl methyl sites for hydroxylation is 2. The smallest absolute Gasteiger partial charge is 0.254 e. The van der Waals surface area contributed by atoms with Crippen LogP contribution in [0.3, 0.4) is 0 Å². The molecule has 24 heavy (non-hydrogen) atoms. The van der Waals surface area contributed by atoms with Crippen molar-refractivity contribution in [3.8, 4) is 0 Å². The van der Waals surface area contributed by atoms with Gasteiger partial charge in [0, 0.05) is 36.8 Å². The molecular formula is C20H25N3O. The molecule has 126 valence electrons. The Kier molecular flexibility index (Phi) is 4.01. The fourth-order valence-electron chi connectivity index (χ4n) is 4.21. The van der Waals surface area contributed by atoms with Gasteiger partial charge in [-0.15, -0.1) is 0 Å². The van der Waals surface area contributed by atoms with Crippen LogP contribution in [-0.2, 0) is 0 Å². The van der Waals surface area contributed by atoms with Crippen LogP contribution < -0.4 is 0 Å². The van der Waals surface area contributed by atoms with Gasteiger partial charge in [0.2, 0.25) is 0 Å². The van der Waals surface area contributed by atoms with Crippen molar-refractivity contribution >= 4 is 16.8 Å². The van der Waals surface area contributed by atoms with E-state index in [9.17, 15) is 4.79 Å². The van der Waals surface area contributed by atoms with E-state index >= 15 is 0 Å². The lowest BCUT2D eigenvalue weighted by Crippen LogP contribution is -2.39. The summed E-state index contributed by atoms with van der Waals surface area (Å²) in [6.07, 6.45) is 3.56. The summed E-state index contributed by atoms with van der Waals surface area (Å²) >= 11 is 0. The van der Waals surface area contributed by atoms with Crippen molar-refractivity contribution in [2.45, 2.75) is 39.2 Å². The number of fused-ring (bicyclic) bond motifs is 2. The third-order valence-corrected chi connectivity index (χ3v) is 5.41. The van der Waals surface area contributed by atoms with Crippen LogP contribution in [0.15, 0.2) is 24.3 Å². The molecule has 1 amide bonds. The molecule has 0 spiro atoms. The van der Waals surface area contributed by atoms with Crippen LogP contribution in [0.2, 0.25) is 0 Å². The van der Waals surface area contributed by atoms with Gasteiger partial charge in [0.25, 0.3) is 5.91 Å². The number of pyridine rings is 1. The third kappa shape index (κ3) is 2.80. The molecule has 4 rings (SSSR count). The Balaban J connectivity index is 1.71. The molecule has 1 aromatic carbocycles. The Morgan fingerprint density at radius 2 is 1.96 bits per heavy atom. The van der Waals surface area contributed by atoms with E-state index in [0.717, 1.165) is 48.2 Å². The lowest BCUT2D eigenvalue weighted by Gasteiger charge is -2.26. The molecule has 2 aliphatic rings. The highest BCUT2D eigenvalue weighted by Crippen LogP contribution is 2.25. The average molecular weight is 323 g/mol. The Bertz CT molecular complexity index is 786. The van der Waals surface area contributed by atoms with Crippen LogP contribution >= 0.6 is 0 Å². The van der Waals surface area contributed by atoms with E-state index in [4.69, 9.17) is 0 Å².